The van der Waals surface area contributed by atoms with Crippen LogP contribution in [0.25, 0.3) is 0 Å². The van der Waals surface area contributed by atoms with Gasteiger partial charge in [-0.1, -0.05) is 94.6 Å². The second-order valence-electron chi connectivity index (χ2n) is 14.2. The lowest BCUT2D eigenvalue weighted by molar-refractivity contribution is -0.121. The summed E-state index contributed by atoms with van der Waals surface area (Å²) in [5.41, 5.74) is 0. The third kappa shape index (κ3) is 11.3. The number of allylic oxidation sites excluding steroid dienone is 2. The van der Waals surface area contributed by atoms with Crippen LogP contribution in [-0.4, -0.2) is 62.2 Å². The molecule has 0 aromatic heterocycles. The highest BCUT2D eigenvalue weighted by Gasteiger charge is 2.36. The van der Waals surface area contributed by atoms with E-state index >= 15 is 0 Å². The minimum Gasteiger partial charge on any atom is -0.393 e. The van der Waals surface area contributed by atoms with Crippen molar-refractivity contribution in [2.45, 2.75) is 132 Å². The van der Waals surface area contributed by atoms with Crippen LogP contribution in [0.15, 0.2) is 12.2 Å². The van der Waals surface area contributed by atoms with Gasteiger partial charge in [-0.3, -0.25) is 14.4 Å². The summed E-state index contributed by atoms with van der Waals surface area (Å²) in [6.07, 6.45) is 8.02. The number of hydrogen-bond acceptors (Lipinski definition) is 7. The predicted molar refractivity (Wildman–Crippen MR) is 168 cm³/mol. The summed E-state index contributed by atoms with van der Waals surface area (Å²) >= 11 is 0. The number of aliphatic hydroxyl groups is 4. The van der Waals surface area contributed by atoms with Crippen LogP contribution in [0.4, 0.5) is 0 Å². The third-order valence-electron chi connectivity index (χ3n) is 11.2. The SMILES string of the molecule is CC1C(=O)CC(O)C1C.CC1C(=O)CC(O)C1C.CC1C(O)CC(O)C1C.CC1C=CC(=O)C1C.CC1CCCC1C. The Labute approximate surface area is 255 Å². The first-order valence-corrected chi connectivity index (χ1v) is 16.4. The zero-order chi connectivity index (χ0) is 32.5. The molecule has 7 heteroatoms. The maximum absolute atomic E-state index is 10.8. The predicted octanol–water partition coefficient (Wildman–Crippen LogP) is 5.41. The fourth-order valence-corrected chi connectivity index (χ4v) is 5.94. The topological polar surface area (TPSA) is 132 Å². The molecule has 0 saturated heterocycles. The summed E-state index contributed by atoms with van der Waals surface area (Å²) in [5, 5.41) is 36.6. The van der Waals surface area contributed by atoms with Gasteiger partial charge in [0.25, 0.3) is 0 Å². The van der Waals surface area contributed by atoms with E-state index in [1.807, 2.05) is 54.5 Å². The quantitative estimate of drug-likeness (QED) is 0.295. The number of aliphatic hydroxyl groups excluding tert-OH is 4. The first kappa shape index (κ1) is 38.6. The molecule has 7 nitrogen and oxygen atoms in total. The Kier molecular flexibility index (Phi) is 16.3. The van der Waals surface area contributed by atoms with Gasteiger partial charge in [0.15, 0.2) is 5.78 Å². The lowest BCUT2D eigenvalue weighted by Crippen LogP contribution is -2.15. The van der Waals surface area contributed by atoms with Gasteiger partial charge in [0.1, 0.15) is 11.6 Å². The van der Waals surface area contributed by atoms with E-state index < -0.39 is 0 Å². The highest BCUT2D eigenvalue weighted by atomic mass is 16.3. The minimum absolute atomic E-state index is 0.0694. The molecule has 0 radical (unpaired) electrons. The molecular formula is C35H62O7. The smallest absolute Gasteiger partial charge is 0.158 e. The Balaban J connectivity index is 0.000000263. The molecule has 14 unspecified atom stereocenters. The highest BCUT2D eigenvalue weighted by Crippen LogP contribution is 2.32. The van der Waals surface area contributed by atoms with Crippen LogP contribution in [0.5, 0.6) is 0 Å². The summed E-state index contributed by atoms with van der Waals surface area (Å²) in [6, 6.07) is 0. The van der Waals surface area contributed by atoms with E-state index in [1.165, 1.54) is 19.3 Å². The summed E-state index contributed by atoms with van der Waals surface area (Å²) in [4.78, 5) is 32.4. The van der Waals surface area contributed by atoms with Gasteiger partial charge in [-0.2, -0.15) is 0 Å². The van der Waals surface area contributed by atoms with Crippen molar-refractivity contribution in [3.63, 3.8) is 0 Å². The van der Waals surface area contributed by atoms with E-state index in [4.69, 9.17) is 10.2 Å². The molecule has 0 aliphatic heterocycles. The van der Waals surface area contributed by atoms with Gasteiger partial charge >= 0.3 is 0 Å². The summed E-state index contributed by atoms with van der Waals surface area (Å²) in [6.45, 7) is 20.3. The van der Waals surface area contributed by atoms with Crippen molar-refractivity contribution in [1.82, 2.24) is 0 Å². The average Bonchev–Trinajstić information content (AvgIpc) is 3.65. The second-order valence-corrected chi connectivity index (χ2v) is 14.2. The molecule has 0 bridgehead atoms. The van der Waals surface area contributed by atoms with Crippen molar-refractivity contribution < 1.29 is 34.8 Å². The monoisotopic (exact) mass is 594 g/mol. The largest absolute Gasteiger partial charge is 0.393 e. The Morgan fingerprint density at radius 2 is 0.929 bits per heavy atom. The number of Topliss-reactive ketones (excluding diaryl/α,β-unsaturated/α-hetero) is 2. The van der Waals surface area contributed by atoms with Gasteiger partial charge in [0.2, 0.25) is 0 Å². The molecule has 244 valence electrons. The van der Waals surface area contributed by atoms with Crippen molar-refractivity contribution in [2.24, 2.45) is 59.2 Å². The van der Waals surface area contributed by atoms with E-state index in [2.05, 4.69) is 20.8 Å². The average molecular weight is 595 g/mol. The minimum atomic E-state index is -0.382. The van der Waals surface area contributed by atoms with Crippen molar-refractivity contribution >= 4 is 17.3 Å². The Morgan fingerprint density at radius 1 is 0.548 bits per heavy atom. The number of rotatable bonds is 0. The van der Waals surface area contributed by atoms with Crippen molar-refractivity contribution in [3.8, 4) is 0 Å². The number of hydrogen-bond donors (Lipinski definition) is 4. The standard InChI is InChI=1S/C7H14O2.2C7H12O2.C7H10O.C7H14/c3*1-4-5(2)7(9)3-6(4)8;1-5-3-4-7(8)6(5)2;1-6-4-3-5-7(6)2/h4-9H,3H2,1-2H3;2*4-6,8H,3H2,1-2H3;3-6H,1-2H3;6-7H,3-5H2,1-2H3. The Hall–Kier alpha value is -1.41. The van der Waals surface area contributed by atoms with Gasteiger partial charge in [-0.05, 0) is 53.9 Å². The normalized spacial score (nSPS) is 43.9. The maximum Gasteiger partial charge on any atom is 0.158 e. The Bertz CT molecular complexity index is 833. The number of carbonyl (C=O) groups excluding carboxylic acids is 3. The van der Waals surface area contributed by atoms with Crippen LogP contribution in [0, 0.1) is 59.2 Å². The first-order valence-electron chi connectivity index (χ1n) is 16.4. The van der Waals surface area contributed by atoms with Gasteiger partial charge < -0.3 is 20.4 Å². The second kappa shape index (κ2) is 17.8. The van der Waals surface area contributed by atoms with Gasteiger partial charge in [0, 0.05) is 30.6 Å². The van der Waals surface area contributed by atoms with Crippen LogP contribution in [-0.2, 0) is 14.4 Å². The van der Waals surface area contributed by atoms with Crippen LogP contribution >= 0.6 is 0 Å². The summed E-state index contributed by atoms with van der Waals surface area (Å²) in [5.74, 6) is 4.40. The third-order valence-corrected chi connectivity index (χ3v) is 11.2. The van der Waals surface area contributed by atoms with Crippen molar-refractivity contribution in [3.05, 3.63) is 12.2 Å². The molecule has 4 fully saturated rings. The first-order chi connectivity index (χ1) is 19.4. The molecule has 0 aromatic carbocycles. The molecular weight excluding hydrogens is 532 g/mol. The zero-order valence-corrected chi connectivity index (χ0v) is 28.0. The van der Waals surface area contributed by atoms with Gasteiger partial charge in [0.05, 0.1) is 24.4 Å². The summed E-state index contributed by atoms with van der Waals surface area (Å²) in [7, 11) is 0. The van der Waals surface area contributed by atoms with Gasteiger partial charge in [-0.25, -0.2) is 0 Å². The lowest BCUT2D eigenvalue weighted by Gasteiger charge is -2.12. The van der Waals surface area contributed by atoms with E-state index in [0.717, 1.165) is 11.8 Å². The maximum atomic E-state index is 10.8. The summed E-state index contributed by atoms with van der Waals surface area (Å²) < 4.78 is 0. The van der Waals surface area contributed by atoms with E-state index in [0.29, 0.717) is 25.2 Å². The van der Waals surface area contributed by atoms with Crippen LogP contribution in [0.3, 0.4) is 0 Å². The molecule has 0 aromatic rings. The van der Waals surface area contributed by atoms with Gasteiger partial charge in [-0.15, -0.1) is 0 Å². The van der Waals surface area contributed by atoms with E-state index in [1.54, 1.807) is 6.08 Å². The zero-order valence-electron chi connectivity index (χ0n) is 28.0. The molecule has 0 amide bonds. The molecule has 5 rings (SSSR count). The van der Waals surface area contributed by atoms with E-state index in [9.17, 15) is 24.6 Å². The van der Waals surface area contributed by atoms with Crippen molar-refractivity contribution in [2.75, 3.05) is 0 Å². The van der Waals surface area contributed by atoms with Crippen molar-refractivity contribution in [1.29, 1.82) is 0 Å². The molecule has 5 aliphatic carbocycles. The molecule has 5 aliphatic rings. The molecule has 4 saturated carbocycles. The number of carbonyl (C=O) groups is 3. The lowest BCUT2D eigenvalue weighted by atomic mass is 9.98. The fraction of sp³-hybridized carbons (Fsp3) is 0.857. The van der Waals surface area contributed by atoms with Crippen LogP contribution < -0.4 is 0 Å². The number of ketones is 3. The van der Waals surface area contributed by atoms with Crippen LogP contribution in [0.2, 0.25) is 0 Å². The van der Waals surface area contributed by atoms with Crippen LogP contribution in [0.1, 0.15) is 108 Å². The fourth-order valence-electron chi connectivity index (χ4n) is 5.94. The Morgan fingerprint density at radius 3 is 1.02 bits per heavy atom. The molecule has 4 N–H and O–H groups in total. The molecule has 0 spiro atoms. The molecule has 42 heavy (non-hydrogen) atoms. The molecule has 0 heterocycles. The molecule has 14 atom stereocenters. The highest BCUT2D eigenvalue weighted by molar-refractivity contribution is 5.94. The van der Waals surface area contributed by atoms with E-state index in [-0.39, 0.29) is 83.2 Å².